The molecule has 0 saturated heterocycles. The van der Waals surface area contributed by atoms with Gasteiger partial charge in [-0.05, 0) is 17.7 Å². The first kappa shape index (κ1) is 12.2. The summed E-state index contributed by atoms with van der Waals surface area (Å²) in [6.45, 7) is 0. The second-order valence-corrected chi connectivity index (χ2v) is 3.90. The summed E-state index contributed by atoms with van der Waals surface area (Å²) in [7, 11) is 1.60. The normalized spacial score (nSPS) is 12.1. The third kappa shape index (κ3) is 2.68. The molecule has 2 rings (SSSR count). The molecule has 0 amide bonds. The number of aromatic nitrogens is 2. The molecule has 5 nitrogen and oxygen atoms in total. The molecule has 0 bridgehead atoms. The Morgan fingerprint density at radius 1 is 1.44 bits per heavy atom. The number of hydrogen-bond donors (Lipinski definition) is 1. The van der Waals surface area contributed by atoms with Gasteiger partial charge in [0.05, 0.1) is 25.9 Å². The third-order valence-electron chi connectivity index (χ3n) is 2.75. The van der Waals surface area contributed by atoms with E-state index in [4.69, 9.17) is 9.84 Å². The van der Waals surface area contributed by atoms with Crippen molar-refractivity contribution < 1.29 is 14.6 Å². The summed E-state index contributed by atoms with van der Waals surface area (Å²) >= 11 is 0. The molecule has 1 aromatic carbocycles. The summed E-state index contributed by atoms with van der Waals surface area (Å²) in [6.07, 6.45) is 5.04. The first-order valence-corrected chi connectivity index (χ1v) is 5.54. The fraction of sp³-hybridized carbons (Fsp3) is 0.231. The molecule has 0 fully saturated rings. The van der Waals surface area contributed by atoms with Crippen molar-refractivity contribution in [3.8, 4) is 5.75 Å². The lowest BCUT2D eigenvalue weighted by atomic mass is 10.0. The minimum absolute atomic E-state index is 0.0166. The Morgan fingerprint density at radius 2 is 2.17 bits per heavy atom. The Balaban J connectivity index is 2.30. The van der Waals surface area contributed by atoms with Crippen LogP contribution in [0.4, 0.5) is 0 Å². The zero-order chi connectivity index (χ0) is 13.0. The van der Waals surface area contributed by atoms with Crippen LogP contribution in [0.5, 0.6) is 5.75 Å². The molecule has 2 aromatic rings. The highest BCUT2D eigenvalue weighted by atomic mass is 16.5. The Kier molecular flexibility index (Phi) is 3.62. The van der Waals surface area contributed by atoms with Crippen LogP contribution in [0.25, 0.3) is 0 Å². The van der Waals surface area contributed by atoms with E-state index in [9.17, 15) is 4.79 Å². The molecule has 1 aromatic heterocycles. The molecule has 0 aliphatic heterocycles. The standard InChI is InChI=1S/C13H14N2O3/c1-18-11-4-2-10(3-5-11)12(8-13(16)17)15-7-6-14-9-15/h2-7,9,12H,8H2,1H3,(H,16,17)/t12-/m0/s1. The molecule has 1 heterocycles. The maximum absolute atomic E-state index is 10.9. The lowest BCUT2D eigenvalue weighted by Gasteiger charge is -2.17. The van der Waals surface area contributed by atoms with Crippen molar-refractivity contribution in [1.29, 1.82) is 0 Å². The van der Waals surface area contributed by atoms with Crippen LogP contribution in [-0.2, 0) is 4.79 Å². The van der Waals surface area contributed by atoms with E-state index in [0.29, 0.717) is 0 Å². The first-order chi connectivity index (χ1) is 8.70. The van der Waals surface area contributed by atoms with Gasteiger partial charge in [0, 0.05) is 12.4 Å². The highest BCUT2D eigenvalue weighted by Gasteiger charge is 2.16. The van der Waals surface area contributed by atoms with Crippen LogP contribution >= 0.6 is 0 Å². The number of carboxylic acid groups (broad SMARTS) is 1. The number of rotatable bonds is 5. The Hall–Kier alpha value is -2.30. The van der Waals surface area contributed by atoms with Gasteiger partial charge in [-0.1, -0.05) is 12.1 Å². The van der Waals surface area contributed by atoms with Crippen molar-refractivity contribution in [3.63, 3.8) is 0 Å². The topological polar surface area (TPSA) is 64.3 Å². The van der Waals surface area contributed by atoms with Gasteiger partial charge in [0.15, 0.2) is 0 Å². The smallest absolute Gasteiger partial charge is 0.305 e. The van der Waals surface area contributed by atoms with Crippen molar-refractivity contribution in [2.45, 2.75) is 12.5 Å². The van der Waals surface area contributed by atoms with Crippen molar-refractivity contribution in [1.82, 2.24) is 9.55 Å². The van der Waals surface area contributed by atoms with Gasteiger partial charge >= 0.3 is 5.97 Å². The number of nitrogens with zero attached hydrogens (tertiary/aromatic N) is 2. The quantitative estimate of drug-likeness (QED) is 0.875. The second kappa shape index (κ2) is 5.35. The van der Waals surface area contributed by atoms with Crippen LogP contribution in [0, 0.1) is 0 Å². The third-order valence-corrected chi connectivity index (χ3v) is 2.75. The van der Waals surface area contributed by atoms with Gasteiger partial charge in [-0.2, -0.15) is 0 Å². The molecule has 0 aliphatic rings. The van der Waals surface area contributed by atoms with Crippen LogP contribution in [0.3, 0.4) is 0 Å². The molecular weight excluding hydrogens is 232 g/mol. The zero-order valence-corrected chi connectivity index (χ0v) is 9.98. The number of methoxy groups -OCH3 is 1. The van der Waals surface area contributed by atoms with Crippen molar-refractivity contribution in [3.05, 3.63) is 48.5 Å². The highest BCUT2D eigenvalue weighted by molar-refractivity contribution is 5.68. The fourth-order valence-corrected chi connectivity index (χ4v) is 1.84. The molecule has 1 atom stereocenters. The van der Waals surface area contributed by atoms with Crippen LogP contribution in [0.2, 0.25) is 0 Å². The Morgan fingerprint density at radius 3 is 2.67 bits per heavy atom. The van der Waals surface area contributed by atoms with Crippen LogP contribution in [-0.4, -0.2) is 27.7 Å². The molecule has 1 N–H and O–H groups in total. The predicted molar refractivity (Wildman–Crippen MR) is 65.6 cm³/mol. The van der Waals surface area contributed by atoms with Gasteiger partial charge in [-0.15, -0.1) is 0 Å². The zero-order valence-electron chi connectivity index (χ0n) is 9.98. The first-order valence-electron chi connectivity index (χ1n) is 5.54. The molecule has 0 aliphatic carbocycles. The van der Waals surface area contributed by atoms with E-state index in [0.717, 1.165) is 11.3 Å². The maximum atomic E-state index is 10.9. The SMILES string of the molecule is COc1ccc([C@H](CC(=O)O)n2ccnc2)cc1. The number of carbonyl (C=O) groups is 1. The number of hydrogen-bond acceptors (Lipinski definition) is 3. The highest BCUT2D eigenvalue weighted by Crippen LogP contribution is 2.24. The van der Waals surface area contributed by atoms with Gasteiger partial charge < -0.3 is 14.4 Å². The van der Waals surface area contributed by atoms with E-state index < -0.39 is 5.97 Å². The Bertz CT molecular complexity index is 506. The molecular formula is C13H14N2O3. The second-order valence-electron chi connectivity index (χ2n) is 3.90. The molecule has 0 radical (unpaired) electrons. The largest absolute Gasteiger partial charge is 0.497 e. The van der Waals surface area contributed by atoms with Gasteiger partial charge in [0.1, 0.15) is 5.75 Å². The lowest BCUT2D eigenvalue weighted by molar-refractivity contribution is -0.137. The monoisotopic (exact) mass is 246 g/mol. The molecule has 94 valence electrons. The molecule has 0 saturated carbocycles. The Labute approximate surface area is 105 Å². The molecule has 5 heteroatoms. The van der Waals surface area contributed by atoms with Gasteiger partial charge in [0.25, 0.3) is 0 Å². The lowest BCUT2D eigenvalue weighted by Crippen LogP contribution is -2.13. The van der Waals surface area contributed by atoms with Crippen LogP contribution in [0.1, 0.15) is 18.0 Å². The van der Waals surface area contributed by atoms with Gasteiger partial charge in [-0.25, -0.2) is 4.98 Å². The molecule has 18 heavy (non-hydrogen) atoms. The van der Waals surface area contributed by atoms with E-state index in [1.165, 1.54) is 0 Å². The fourth-order valence-electron chi connectivity index (χ4n) is 1.84. The minimum atomic E-state index is -0.843. The van der Waals surface area contributed by atoms with Crippen LogP contribution in [0.15, 0.2) is 43.0 Å². The van der Waals surface area contributed by atoms with E-state index in [-0.39, 0.29) is 12.5 Å². The number of benzene rings is 1. The average molecular weight is 246 g/mol. The van der Waals surface area contributed by atoms with Crippen molar-refractivity contribution in [2.75, 3.05) is 7.11 Å². The molecule has 0 unspecified atom stereocenters. The average Bonchev–Trinajstić information content (AvgIpc) is 2.89. The van der Waals surface area contributed by atoms with E-state index in [1.807, 2.05) is 24.3 Å². The van der Waals surface area contributed by atoms with Crippen LogP contribution < -0.4 is 4.74 Å². The minimum Gasteiger partial charge on any atom is -0.497 e. The number of aliphatic carboxylic acids is 1. The predicted octanol–water partition coefficient (Wildman–Crippen LogP) is 1.96. The number of carboxylic acids is 1. The number of ether oxygens (including phenoxy) is 1. The summed E-state index contributed by atoms with van der Waals surface area (Å²) in [5.41, 5.74) is 0.913. The van der Waals surface area contributed by atoms with E-state index >= 15 is 0 Å². The van der Waals surface area contributed by atoms with E-state index in [1.54, 1.807) is 30.4 Å². The summed E-state index contributed by atoms with van der Waals surface area (Å²) in [6, 6.07) is 7.12. The van der Waals surface area contributed by atoms with Gasteiger partial charge in [-0.3, -0.25) is 4.79 Å². The van der Waals surface area contributed by atoms with Crippen molar-refractivity contribution in [2.24, 2.45) is 0 Å². The van der Waals surface area contributed by atoms with Gasteiger partial charge in [0.2, 0.25) is 0 Å². The molecule has 0 spiro atoms. The summed E-state index contributed by atoms with van der Waals surface area (Å²) in [4.78, 5) is 14.9. The summed E-state index contributed by atoms with van der Waals surface area (Å²) < 4.78 is 6.87. The summed E-state index contributed by atoms with van der Waals surface area (Å²) in [5, 5.41) is 8.99. The van der Waals surface area contributed by atoms with Crippen molar-refractivity contribution >= 4 is 5.97 Å². The summed E-state index contributed by atoms with van der Waals surface area (Å²) in [5.74, 6) is -0.0945. The maximum Gasteiger partial charge on any atom is 0.305 e. The van der Waals surface area contributed by atoms with E-state index in [2.05, 4.69) is 4.98 Å². The number of imidazole rings is 1.